The molecule has 0 radical (unpaired) electrons. The van der Waals surface area contributed by atoms with Crippen molar-refractivity contribution in [2.45, 2.75) is 64.7 Å². The van der Waals surface area contributed by atoms with Crippen LogP contribution >= 0.6 is 0 Å². The van der Waals surface area contributed by atoms with Crippen LogP contribution in [0.15, 0.2) is 82.0 Å². The van der Waals surface area contributed by atoms with Crippen molar-refractivity contribution >= 4 is 17.5 Å². The molecule has 4 aliphatic heterocycles. The molecule has 5 aliphatic rings. The van der Waals surface area contributed by atoms with Crippen molar-refractivity contribution in [3.63, 3.8) is 0 Å². The third-order valence-corrected chi connectivity index (χ3v) is 8.34. The predicted octanol–water partition coefficient (Wildman–Crippen LogP) is 4.93. The van der Waals surface area contributed by atoms with E-state index in [1.807, 2.05) is 6.92 Å². The maximum absolute atomic E-state index is 12.1. The van der Waals surface area contributed by atoms with Crippen LogP contribution in [0.4, 0.5) is 0 Å². The van der Waals surface area contributed by atoms with Crippen molar-refractivity contribution in [1.29, 1.82) is 0 Å². The molecule has 1 aromatic rings. The second-order valence-electron chi connectivity index (χ2n) is 11.3. The monoisotopic (exact) mass is 525 g/mol. The highest BCUT2D eigenvalue weighted by atomic mass is 16.5. The maximum atomic E-state index is 12.1. The summed E-state index contributed by atoms with van der Waals surface area (Å²) in [6.07, 6.45) is 17.7. The van der Waals surface area contributed by atoms with Gasteiger partial charge in [-0.25, -0.2) is 10.4 Å². The Hall–Kier alpha value is -3.29. The Morgan fingerprint density at radius 1 is 1.13 bits per heavy atom. The van der Waals surface area contributed by atoms with Crippen LogP contribution in [-0.4, -0.2) is 59.3 Å². The number of hydrogen-bond acceptors (Lipinski definition) is 7. The smallest absolute Gasteiger partial charge is 0.309 e. The van der Waals surface area contributed by atoms with Crippen LogP contribution in [0.5, 0.6) is 0 Å². The number of carbonyl (C=O) groups is 1. The first kappa shape index (κ1) is 26.0. The number of benzene rings is 1. The molecule has 0 saturated carbocycles. The van der Waals surface area contributed by atoms with Crippen LogP contribution in [0, 0.1) is 11.8 Å². The van der Waals surface area contributed by atoms with Gasteiger partial charge in [-0.3, -0.25) is 19.7 Å². The number of hydrazine groups is 1. The fourth-order valence-electron chi connectivity index (χ4n) is 6.25. The molecular weight excluding hydrogens is 486 g/mol. The number of piperidine rings is 1. The molecule has 3 unspecified atom stereocenters. The summed E-state index contributed by atoms with van der Waals surface area (Å²) in [5.74, 6) is 1.38. The number of aliphatic imine (C=N–C) groups is 2. The number of nitrogens with one attached hydrogen (secondary N) is 1. The van der Waals surface area contributed by atoms with Crippen LogP contribution in [0.25, 0.3) is 0 Å². The van der Waals surface area contributed by atoms with Crippen LogP contribution in [0.1, 0.15) is 57.1 Å². The van der Waals surface area contributed by atoms with Gasteiger partial charge in [0.15, 0.2) is 0 Å². The summed E-state index contributed by atoms with van der Waals surface area (Å²) in [6, 6.07) is 9.33. The lowest BCUT2D eigenvalue weighted by molar-refractivity contribution is -0.149. The topological polar surface area (TPSA) is 69.5 Å². The van der Waals surface area contributed by atoms with Gasteiger partial charge in [0.1, 0.15) is 12.0 Å². The fraction of sp³-hybridized carbons (Fsp3) is 0.469. The molecular formula is C32H39N5O2. The van der Waals surface area contributed by atoms with Gasteiger partial charge in [0, 0.05) is 43.1 Å². The fourth-order valence-corrected chi connectivity index (χ4v) is 6.25. The van der Waals surface area contributed by atoms with Gasteiger partial charge < -0.3 is 4.74 Å². The molecule has 204 valence electrons. The zero-order valence-electron chi connectivity index (χ0n) is 23.1. The number of rotatable bonds is 6. The van der Waals surface area contributed by atoms with Crippen molar-refractivity contribution in [2.24, 2.45) is 21.8 Å². The van der Waals surface area contributed by atoms with Gasteiger partial charge >= 0.3 is 5.97 Å². The highest BCUT2D eigenvalue weighted by Crippen LogP contribution is 2.33. The lowest BCUT2D eigenvalue weighted by atomic mass is 9.85. The summed E-state index contributed by atoms with van der Waals surface area (Å²) < 4.78 is 5.23. The highest BCUT2D eigenvalue weighted by molar-refractivity contribution is 6.14. The molecule has 7 nitrogen and oxygen atoms in total. The van der Waals surface area contributed by atoms with E-state index < -0.39 is 0 Å². The second kappa shape index (κ2) is 11.4. The number of esters is 1. The SMILES string of the molecule is CCOC(=O)C1CCN(Cc2ccc(C3=NC4CC(=CN=C5CC(C)NN54)C=C3C3C=CC=CC3)cc2)CC1. The summed E-state index contributed by atoms with van der Waals surface area (Å²) in [4.78, 5) is 24.8. The van der Waals surface area contributed by atoms with Gasteiger partial charge in [0.25, 0.3) is 0 Å². The zero-order chi connectivity index (χ0) is 26.8. The van der Waals surface area contributed by atoms with Crippen LogP contribution in [-0.2, 0) is 16.1 Å². The molecule has 4 heterocycles. The van der Waals surface area contributed by atoms with E-state index in [1.54, 1.807) is 0 Å². The third kappa shape index (κ3) is 5.70. The second-order valence-corrected chi connectivity index (χ2v) is 11.3. The lowest BCUT2D eigenvalue weighted by Crippen LogP contribution is -2.43. The van der Waals surface area contributed by atoms with E-state index in [9.17, 15) is 4.79 Å². The number of carbonyl (C=O) groups excluding carboxylic acids is 1. The largest absolute Gasteiger partial charge is 0.466 e. The lowest BCUT2D eigenvalue weighted by Gasteiger charge is -2.30. The standard InChI is InChI=1S/C32H39N5O2/c1-3-39-32(38)27-13-15-36(16-14-27)21-23-9-11-26(12-10-23)31-28(25-7-5-4-6-8-25)18-24-19-30(34-31)37-29(33-20-24)17-22(2)35-37/h4-7,9-12,18,20,22,25,27,30,35H,3,8,13-17,19,21H2,1-2H3. The van der Waals surface area contributed by atoms with E-state index in [2.05, 4.69) is 83.1 Å². The summed E-state index contributed by atoms with van der Waals surface area (Å²) in [7, 11) is 0. The molecule has 2 bridgehead atoms. The Labute approximate surface area is 231 Å². The number of nitrogens with zero attached hydrogens (tertiary/aromatic N) is 4. The molecule has 3 atom stereocenters. The van der Waals surface area contributed by atoms with Crippen molar-refractivity contribution < 1.29 is 9.53 Å². The number of likely N-dealkylation sites (tertiary alicyclic amines) is 1. The molecule has 6 rings (SSSR count). The maximum Gasteiger partial charge on any atom is 0.309 e. The van der Waals surface area contributed by atoms with Crippen molar-refractivity contribution in [3.05, 3.63) is 83.1 Å². The number of fused-ring (bicyclic) bond motifs is 4. The minimum atomic E-state index is -0.0363. The molecule has 1 aromatic carbocycles. The molecule has 0 amide bonds. The number of ether oxygens (including phenoxy) is 1. The van der Waals surface area contributed by atoms with Crippen LogP contribution < -0.4 is 5.43 Å². The van der Waals surface area contributed by atoms with Gasteiger partial charge in [-0.1, -0.05) is 54.6 Å². The predicted molar refractivity (Wildman–Crippen MR) is 155 cm³/mol. The third-order valence-electron chi connectivity index (χ3n) is 8.34. The number of hydrogen-bond donors (Lipinski definition) is 1. The van der Waals surface area contributed by atoms with Crippen molar-refractivity contribution in [3.8, 4) is 0 Å². The van der Waals surface area contributed by atoms with E-state index in [-0.39, 0.29) is 18.1 Å². The zero-order valence-corrected chi connectivity index (χ0v) is 23.1. The summed E-state index contributed by atoms with van der Waals surface area (Å²) in [5, 5.41) is 2.19. The number of allylic oxidation sites excluding steroid dienone is 6. The molecule has 1 aliphatic carbocycles. The minimum absolute atomic E-state index is 0.0188. The van der Waals surface area contributed by atoms with E-state index >= 15 is 0 Å². The Bertz CT molecular complexity index is 1260. The normalized spacial score (nSPS) is 27.1. The summed E-state index contributed by atoms with van der Waals surface area (Å²) >= 11 is 0. The van der Waals surface area contributed by atoms with E-state index in [4.69, 9.17) is 14.7 Å². The molecule has 1 N–H and O–H groups in total. The van der Waals surface area contributed by atoms with E-state index in [0.717, 1.165) is 68.8 Å². The molecule has 2 fully saturated rings. The van der Waals surface area contributed by atoms with Gasteiger partial charge in [0.05, 0.1) is 18.2 Å². The minimum Gasteiger partial charge on any atom is -0.466 e. The first-order valence-corrected chi connectivity index (χ1v) is 14.5. The molecule has 39 heavy (non-hydrogen) atoms. The van der Waals surface area contributed by atoms with Crippen LogP contribution in [0.3, 0.4) is 0 Å². The van der Waals surface area contributed by atoms with Gasteiger partial charge in [-0.15, -0.1) is 0 Å². The average Bonchev–Trinajstić information content (AvgIpc) is 3.13. The Morgan fingerprint density at radius 3 is 2.69 bits per heavy atom. The first-order valence-electron chi connectivity index (χ1n) is 14.5. The van der Waals surface area contributed by atoms with Crippen molar-refractivity contribution in [1.82, 2.24) is 15.3 Å². The quantitative estimate of drug-likeness (QED) is 0.533. The highest BCUT2D eigenvalue weighted by Gasteiger charge is 2.35. The molecule has 2 saturated heterocycles. The van der Waals surface area contributed by atoms with Crippen LogP contribution in [0.2, 0.25) is 0 Å². The average molecular weight is 526 g/mol. The summed E-state index contributed by atoms with van der Waals surface area (Å²) in [5.41, 5.74) is 9.62. The van der Waals surface area contributed by atoms with E-state index in [1.165, 1.54) is 16.7 Å². The Balaban J connectivity index is 1.23. The number of amidine groups is 1. The Morgan fingerprint density at radius 2 is 1.95 bits per heavy atom. The van der Waals surface area contributed by atoms with Gasteiger partial charge in [-0.05, 0) is 62.9 Å². The molecule has 7 heteroatoms. The van der Waals surface area contributed by atoms with Gasteiger partial charge in [-0.2, -0.15) is 0 Å². The summed E-state index contributed by atoms with van der Waals surface area (Å²) in [6.45, 7) is 7.28. The van der Waals surface area contributed by atoms with Crippen molar-refractivity contribution in [2.75, 3.05) is 19.7 Å². The Kier molecular flexibility index (Phi) is 7.62. The molecule has 0 aromatic heterocycles. The van der Waals surface area contributed by atoms with Gasteiger partial charge in [0.2, 0.25) is 0 Å². The molecule has 0 spiro atoms. The van der Waals surface area contributed by atoms with E-state index in [0.29, 0.717) is 18.6 Å². The first-order chi connectivity index (χ1) is 19.1.